The minimum atomic E-state index is -0.454. The molecule has 1 N–H and O–H groups in total. The van der Waals surface area contributed by atoms with Crippen LogP contribution in [-0.4, -0.2) is 46.8 Å². The van der Waals surface area contributed by atoms with E-state index >= 15 is 0 Å². The molecule has 0 fully saturated rings. The van der Waals surface area contributed by atoms with E-state index in [1.807, 2.05) is 30.3 Å². The van der Waals surface area contributed by atoms with Gasteiger partial charge in [-0.2, -0.15) is 0 Å². The summed E-state index contributed by atoms with van der Waals surface area (Å²) in [6.45, 7) is 0.902. The van der Waals surface area contributed by atoms with Gasteiger partial charge < -0.3 is 19.4 Å². The molecule has 2 aromatic carbocycles. The quantitative estimate of drug-likeness (QED) is 0.295. The molecule has 0 spiro atoms. The summed E-state index contributed by atoms with van der Waals surface area (Å²) >= 11 is 0. The van der Waals surface area contributed by atoms with Crippen molar-refractivity contribution in [1.82, 2.24) is 14.1 Å². The first kappa shape index (κ1) is 23.9. The van der Waals surface area contributed by atoms with Gasteiger partial charge in [-0.25, -0.2) is 9.78 Å². The van der Waals surface area contributed by atoms with E-state index in [1.165, 1.54) is 11.7 Å². The van der Waals surface area contributed by atoms with Gasteiger partial charge in [-0.15, -0.1) is 0 Å². The normalized spacial score (nSPS) is 10.9. The van der Waals surface area contributed by atoms with Gasteiger partial charge in [0.05, 0.1) is 19.0 Å². The summed E-state index contributed by atoms with van der Waals surface area (Å²) in [5, 5.41) is 2.81. The molecule has 2 aromatic heterocycles. The van der Waals surface area contributed by atoms with Crippen LogP contribution in [0.1, 0.15) is 16.8 Å². The molecule has 0 aliphatic rings. The monoisotopic (exact) mass is 474 g/mol. The van der Waals surface area contributed by atoms with Crippen molar-refractivity contribution in [3.05, 3.63) is 83.0 Å². The highest BCUT2D eigenvalue weighted by molar-refractivity contribution is 5.96. The summed E-state index contributed by atoms with van der Waals surface area (Å²) in [5.41, 5.74) is 3.27. The first-order chi connectivity index (χ1) is 17.0. The summed E-state index contributed by atoms with van der Waals surface area (Å²) in [4.78, 5) is 42.4. The summed E-state index contributed by atoms with van der Waals surface area (Å²) < 4.78 is 13.0. The number of aromatic nitrogens is 3. The summed E-state index contributed by atoms with van der Waals surface area (Å²) in [6, 6.07) is 16.0. The summed E-state index contributed by atoms with van der Waals surface area (Å²) in [6.07, 6.45) is 3.99. The lowest BCUT2D eigenvalue weighted by molar-refractivity contribution is -0.116. The van der Waals surface area contributed by atoms with Crippen LogP contribution in [0, 0.1) is 0 Å². The van der Waals surface area contributed by atoms with Crippen LogP contribution in [0.4, 0.5) is 5.69 Å². The number of fused-ring (bicyclic) bond motifs is 1. The van der Waals surface area contributed by atoms with E-state index in [1.54, 1.807) is 48.5 Å². The van der Waals surface area contributed by atoms with Crippen LogP contribution < -0.4 is 10.9 Å². The highest BCUT2D eigenvalue weighted by atomic mass is 16.5. The molecule has 0 radical (unpaired) electrons. The second kappa shape index (κ2) is 10.8. The maximum atomic E-state index is 13.3. The topological polar surface area (TPSA) is 104 Å². The van der Waals surface area contributed by atoms with Crippen molar-refractivity contribution in [2.75, 3.05) is 26.1 Å². The van der Waals surface area contributed by atoms with Crippen LogP contribution in [0.25, 0.3) is 22.2 Å². The second-order valence-corrected chi connectivity index (χ2v) is 7.94. The number of hydrogen-bond donors (Lipinski definition) is 1. The van der Waals surface area contributed by atoms with Gasteiger partial charge in [-0.05, 0) is 36.2 Å². The Morgan fingerprint density at radius 1 is 1.00 bits per heavy atom. The SMILES string of the molecule is COCCCn1cnc2c(-c3ccccc3)cn(CC(=O)Nc3ccc(C(=O)OC)cc3)c2c1=O. The van der Waals surface area contributed by atoms with E-state index in [-0.39, 0.29) is 18.0 Å². The molecule has 4 rings (SSSR count). The molecule has 35 heavy (non-hydrogen) atoms. The molecule has 0 aliphatic carbocycles. The van der Waals surface area contributed by atoms with Crippen LogP contribution in [0.15, 0.2) is 71.9 Å². The molecule has 180 valence electrons. The standard InChI is InChI=1S/C26H26N4O5/c1-34-14-6-13-29-17-27-23-21(18-7-4-3-5-8-18)15-30(24(23)25(29)32)16-22(31)28-20-11-9-19(10-12-20)26(33)35-2/h3-5,7-12,15,17H,6,13-14,16H2,1-2H3,(H,28,31). The van der Waals surface area contributed by atoms with Crippen LogP contribution >= 0.6 is 0 Å². The minimum Gasteiger partial charge on any atom is -0.465 e. The van der Waals surface area contributed by atoms with Crippen LogP contribution in [0.2, 0.25) is 0 Å². The first-order valence-electron chi connectivity index (χ1n) is 11.1. The van der Waals surface area contributed by atoms with Crippen molar-refractivity contribution in [2.45, 2.75) is 19.5 Å². The Labute approximate surface area is 201 Å². The molecule has 0 unspecified atom stereocenters. The largest absolute Gasteiger partial charge is 0.465 e. The van der Waals surface area contributed by atoms with Crippen molar-refractivity contribution >= 4 is 28.6 Å². The van der Waals surface area contributed by atoms with Crippen molar-refractivity contribution in [3.63, 3.8) is 0 Å². The number of rotatable bonds is 9. The Balaban J connectivity index is 1.66. The second-order valence-electron chi connectivity index (χ2n) is 7.94. The molecule has 1 amide bonds. The number of hydrogen-bond acceptors (Lipinski definition) is 6. The number of ether oxygens (including phenoxy) is 2. The average Bonchev–Trinajstić information content (AvgIpc) is 3.24. The number of carbonyl (C=O) groups excluding carboxylic acids is 2. The number of aryl methyl sites for hydroxylation is 1. The van der Waals surface area contributed by atoms with Crippen molar-refractivity contribution in [1.29, 1.82) is 0 Å². The van der Waals surface area contributed by atoms with Crippen molar-refractivity contribution in [2.24, 2.45) is 0 Å². The van der Waals surface area contributed by atoms with Gasteiger partial charge in [0, 0.05) is 37.7 Å². The maximum absolute atomic E-state index is 13.3. The first-order valence-corrected chi connectivity index (χ1v) is 11.1. The zero-order valence-corrected chi connectivity index (χ0v) is 19.6. The average molecular weight is 475 g/mol. The highest BCUT2D eigenvalue weighted by Crippen LogP contribution is 2.27. The van der Waals surface area contributed by atoms with Gasteiger partial charge in [0.25, 0.3) is 5.56 Å². The molecule has 4 aromatic rings. The van der Waals surface area contributed by atoms with E-state index in [0.717, 1.165) is 11.1 Å². The molecular formula is C26H26N4O5. The third-order valence-electron chi connectivity index (χ3n) is 5.58. The van der Waals surface area contributed by atoms with Gasteiger partial charge in [0.2, 0.25) is 5.91 Å². The number of methoxy groups -OCH3 is 2. The molecule has 0 saturated heterocycles. The third kappa shape index (κ3) is 5.30. The molecule has 2 heterocycles. The number of nitrogens with one attached hydrogen (secondary N) is 1. The summed E-state index contributed by atoms with van der Waals surface area (Å²) in [5.74, 6) is -0.772. The predicted octanol–water partition coefficient (Wildman–Crippen LogP) is 3.33. The van der Waals surface area contributed by atoms with Crippen LogP contribution in [0.3, 0.4) is 0 Å². The fourth-order valence-corrected chi connectivity index (χ4v) is 3.87. The van der Waals surface area contributed by atoms with Crippen LogP contribution in [0.5, 0.6) is 0 Å². The van der Waals surface area contributed by atoms with Gasteiger partial charge in [-0.1, -0.05) is 30.3 Å². The van der Waals surface area contributed by atoms with E-state index < -0.39 is 5.97 Å². The van der Waals surface area contributed by atoms with E-state index in [0.29, 0.717) is 41.9 Å². The zero-order valence-electron chi connectivity index (χ0n) is 19.6. The van der Waals surface area contributed by atoms with E-state index in [9.17, 15) is 14.4 Å². The number of nitrogens with zero attached hydrogens (tertiary/aromatic N) is 3. The van der Waals surface area contributed by atoms with Gasteiger partial charge in [0.15, 0.2) is 0 Å². The van der Waals surface area contributed by atoms with Gasteiger partial charge in [-0.3, -0.25) is 14.2 Å². The lowest BCUT2D eigenvalue weighted by Crippen LogP contribution is -2.25. The smallest absolute Gasteiger partial charge is 0.337 e. The number of amides is 1. The Bertz CT molecular complexity index is 1390. The molecule has 9 heteroatoms. The molecule has 0 atom stereocenters. The zero-order chi connectivity index (χ0) is 24.8. The number of anilines is 1. The third-order valence-corrected chi connectivity index (χ3v) is 5.58. The van der Waals surface area contributed by atoms with E-state index in [4.69, 9.17) is 9.47 Å². The molecule has 0 saturated carbocycles. The van der Waals surface area contributed by atoms with Crippen molar-refractivity contribution in [3.8, 4) is 11.1 Å². The summed E-state index contributed by atoms with van der Waals surface area (Å²) in [7, 11) is 2.92. The highest BCUT2D eigenvalue weighted by Gasteiger charge is 2.18. The number of esters is 1. The Kier molecular flexibility index (Phi) is 7.37. The van der Waals surface area contributed by atoms with Gasteiger partial charge in [0.1, 0.15) is 17.6 Å². The molecule has 9 nitrogen and oxygen atoms in total. The van der Waals surface area contributed by atoms with Gasteiger partial charge >= 0.3 is 5.97 Å². The lowest BCUT2D eigenvalue weighted by atomic mass is 10.1. The number of carbonyl (C=O) groups is 2. The Morgan fingerprint density at radius 2 is 1.74 bits per heavy atom. The van der Waals surface area contributed by atoms with Crippen molar-refractivity contribution < 1.29 is 19.1 Å². The fraction of sp³-hybridized carbons (Fsp3) is 0.231. The predicted molar refractivity (Wildman–Crippen MR) is 132 cm³/mol. The van der Waals surface area contributed by atoms with E-state index in [2.05, 4.69) is 10.3 Å². The Hall–Kier alpha value is -4.24. The fourth-order valence-electron chi connectivity index (χ4n) is 3.87. The Morgan fingerprint density at radius 3 is 2.43 bits per heavy atom. The molecule has 0 bridgehead atoms. The molecule has 0 aliphatic heterocycles. The minimum absolute atomic E-state index is 0.0823. The maximum Gasteiger partial charge on any atom is 0.337 e. The number of benzene rings is 2. The molecular weight excluding hydrogens is 448 g/mol. The van der Waals surface area contributed by atoms with Crippen LogP contribution in [-0.2, 0) is 27.4 Å². The lowest BCUT2D eigenvalue weighted by Gasteiger charge is -2.09.